The van der Waals surface area contributed by atoms with Gasteiger partial charge in [0, 0.05) is 37.8 Å². The van der Waals surface area contributed by atoms with E-state index in [-0.39, 0.29) is 11.9 Å². The van der Waals surface area contributed by atoms with Crippen molar-refractivity contribution in [3.8, 4) is 0 Å². The van der Waals surface area contributed by atoms with E-state index >= 15 is 0 Å². The van der Waals surface area contributed by atoms with E-state index in [0.29, 0.717) is 50.4 Å². The fourth-order valence-corrected chi connectivity index (χ4v) is 4.27. The molecule has 1 amide bonds. The Hall–Kier alpha value is -2.34. The topological polar surface area (TPSA) is 64.4 Å². The predicted molar refractivity (Wildman–Crippen MR) is 112 cm³/mol. The van der Waals surface area contributed by atoms with Crippen molar-refractivity contribution in [2.24, 2.45) is 12.5 Å². The molecule has 0 bridgehead atoms. The quantitative estimate of drug-likeness (QED) is 0.647. The molecule has 1 aliphatic rings. The minimum absolute atomic E-state index is 0.0633. The highest BCUT2D eigenvalue weighted by Crippen LogP contribution is 2.36. The van der Waals surface area contributed by atoms with Gasteiger partial charge >= 0.3 is 5.97 Å². The van der Waals surface area contributed by atoms with Gasteiger partial charge in [0.2, 0.25) is 5.91 Å². The van der Waals surface area contributed by atoms with E-state index in [9.17, 15) is 9.59 Å². The molecule has 156 valence electrons. The van der Waals surface area contributed by atoms with Gasteiger partial charge in [-0.05, 0) is 55.9 Å². The van der Waals surface area contributed by atoms with Crippen LogP contribution in [0, 0.1) is 5.41 Å². The number of carbonyl (C=O) groups excluding carboxylic acids is 2. The third-order valence-corrected chi connectivity index (χ3v) is 5.69. The predicted octanol–water partition coefficient (Wildman–Crippen LogP) is 3.42. The molecule has 6 nitrogen and oxygen atoms in total. The number of hydrogen-bond acceptors (Lipinski definition) is 4. The second-order valence-electron chi connectivity index (χ2n) is 7.75. The van der Waals surface area contributed by atoms with Crippen LogP contribution in [0.4, 0.5) is 0 Å². The Labute approximate surface area is 176 Å². The highest BCUT2D eigenvalue weighted by molar-refractivity contribution is 6.30. The van der Waals surface area contributed by atoms with E-state index in [1.54, 1.807) is 10.9 Å². The summed E-state index contributed by atoms with van der Waals surface area (Å²) in [6.45, 7) is 3.18. The molecule has 1 aromatic heterocycles. The van der Waals surface area contributed by atoms with E-state index in [1.165, 1.54) is 0 Å². The van der Waals surface area contributed by atoms with Crippen LogP contribution in [0.15, 0.2) is 36.7 Å². The largest absolute Gasteiger partial charge is 0.466 e. The lowest BCUT2D eigenvalue weighted by Gasteiger charge is -2.41. The molecule has 1 saturated heterocycles. The number of ether oxygens (including phenoxy) is 1. The average Bonchev–Trinajstić information content (AvgIpc) is 3.11. The van der Waals surface area contributed by atoms with Crippen LogP contribution >= 0.6 is 11.6 Å². The van der Waals surface area contributed by atoms with E-state index in [0.717, 1.165) is 17.5 Å². The van der Waals surface area contributed by atoms with Crippen LogP contribution in [-0.4, -0.2) is 46.3 Å². The maximum Gasteiger partial charge on any atom is 0.314 e. The fraction of sp³-hybridized carbons (Fsp3) is 0.500. The summed E-state index contributed by atoms with van der Waals surface area (Å²) in [5.41, 5.74) is 1.28. The van der Waals surface area contributed by atoms with E-state index in [1.807, 2.05) is 49.3 Å². The number of benzene rings is 1. The molecule has 1 aliphatic heterocycles. The highest BCUT2D eigenvalue weighted by atomic mass is 35.5. The second-order valence-corrected chi connectivity index (χ2v) is 8.19. The number of likely N-dealkylation sites (tertiary alicyclic amines) is 1. The number of carbonyl (C=O) groups is 2. The fourth-order valence-electron chi connectivity index (χ4n) is 4.06. The molecule has 0 unspecified atom stereocenters. The molecule has 1 atom stereocenters. The van der Waals surface area contributed by atoms with Crippen molar-refractivity contribution in [2.45, 2.75) is 39.0 Å². The lowest BCUT2D eigenvalue weighted by molar-refractivity contribution is -0.160. The van der Waals surface area contributed by atoms with E-state index in [4.69, 9.17) is 16.3 Å². The van der Waals surface area contributed by atoms with Gasteiger partial charge in [0.1, 0.15) is 0 Å². The van der Waals surface area contributed by atoms with Gasteiger partial charge in [-0.15, -0.1) is 0 Å². The lowest BCUT2D eigenvalue weighted by Crippen LogP contribution is -2.51. The summed E-state index contributed by atoms with van der Waals surface area (Å²) in [5, 5.41) is 4.79. The number of rotatable bonds is 7. The molecule has 3 rings (SSSR count). The van der Waals surface area contributed by atoms with Gasteiger partial charge < -0.3 is 9.64 Å². The van der Waals surface area contributed by atoms with Crippen molar-refractivity contribution in [2.75, 3.05) is 19.7 Å². The zero-order chi connectivity index (χ0) is 20.9. The van der Waals surface area contributed by atoms with E-state index < -0.39 is 5.41 Å². The minimum atomic E-state index is -0.733. The van der Waals surface area contributed by atoms with Crippen LogP contribution in [0.3, 0.4) is 0 Å². The maximum absolute atomic E-state index is 13.0. The molecule has 29 heavy (non-hydrogen) atoms. The normalized spacial score (nSPS) is 19.2. The molecule has 7 heteroatoms. The van der Waals surface area contributed by atoms with Crippen LogP contribution in [0.2, 0.25) is 5.02 Å². The molecule has 0 N–H and O–H groups in total. The van der Waals surface area contributed by atoms with Crippen molar-refractivity contribution >= 4 is 23.5 Å². The molecule has 0 radical (unpaired) electrons. The third-order valence-electron chi connectivity index (χ3n) is 5.46. The van der Waals surface area contributed by atoms with Crippen molar-refractivity contribution in [1.82, 2.24) is 14.7 Å². The van der Waals surface area contributed by atoms with Gasteiger partial charge in [-0.1, -0.05) is 23.7 Å². The monoisotopic (exact) mass is 417 g/mol. The number of aryl methyl sites for hydroxylation is 2. The van der Waals surface area contributed by atoms with Gasteiger partial charge in [0.05, 0.1) is 18.2 Å². The first-order chi connectivity index (χ1) is 13.9. The van der Waals surface area contributed by atoms with Gasteiger partial charge in [0.15, 0.2) is 0 Å². The molecule has 1 aromatic carbocycles. The molecular weight excluding hydrogens is 390 g/mol. The number of amides is 1. The maximum atomic E-state index is 13.0. The van der Waals surface area contributed by atoms with Gasteiger partial charge in [0.25, 0.3) is 0 Å². The third kappa shape index (κ3) is 5.38. The van der Waals surface area contributed by atoms with Crippen molar-refractivity contribution in [3.05, 3.63) is 52.8 Å². The van der Waals surface area contributed by atoms with Gasteiger partial charge in [-0.2, -0.15) is 5.10 Å². The Morgan fingerprint density at radius 3 is 2.83 bits per heavy atom. The van der Waals surface area contributed by atoms with Gasteiger partial charge in [-0.25, -0.2) is 0 Å². The summed E-state index contributed by atoms with van der Waals surface area (Å²) in [6.07, 6.45) is 6.74. The number of halogens is 1. The molecule has 2 aromatic rings. The van der Waals surface area contributed by atoms with Crippen LogP contribution in [0.25, 0.3) is 0 Å². The number of nitrogens with zero attached hydrogens (tertiary/aromatic N) is 3. The first-order valence-electron chi connectivity index (χ1n) is 10.1. The second kappa shape index (κ2) is 9.44. The van der Waals surface area contributed by atoms with Crippen LogP contribution < -0.4 is 0 Å². The zero-order valence-electron chi connectivity index (χ0n) is 17.1. The Morgan fingerprint density at radius 1 is 1.31 bits per heavy atom. The summed E-state index contributed by atoms with van der Waals surface area (Å²) >= 11 is 6.14. The number of hydrogen-bond donors (Lipinski definition) is 0. The number of esters is 1. The first-order valence-corrected chi connectivity index (χ1v) is 10.5. The standard InChI is InChI=1S/C22H28ClN3O3/c1-3-29-21(28)22(13-17-6-4-7-19(23)12-17)10-5-11-26(16-22)20(27)9-8-18-14-24-25(2)15-18/h4,6-7,12,14-15H,3,5,8-11,13,16H2,1-2H3/t22-/m1/s1. The van der Waals surface area contributed by atoms with Crippen molar-refractivity contribution < 1.29 is 14.3 Å². The number of piperidine rings is 1. The van der Waals surface area contributed by atoms with Crippen LogP contribution in [-0.2, 0) is 34.2 Å². The van der Waals surface area contributed by atoms with Crippen molar-refractivity contribution in [3.63, 3.8) is 0 Å². The Bertz CT molecular complexity index is 866. The molecular formula is C22H28ClN3O3. The molecule has 0 spiro atoms. The summed E-state index contributed by atoms with van der Waals surface area (Å²) in [5.74, 6) is -0.168. The molecule has 0 saturated carbocycles. The van der Waals surface area contributed by atoms with E-state index in [2.05, 4.69) is 5.10 Å². The van der Waals surface area contributed by atoms with Crippen LogP contribution in [0.1, 0.15) is 37.3 Å². The minimum Gasteiger partial charge on any atom is -0.466 e. The Kier molecular flexibility index (Phi) is 6.96. The Balaban J connectivity index is 1.73. The summed E-state index contributed by atoms with van der Waals surface area (Å²) in [6, 6.07) is 7.55. The van der Waals surface area contributed by atoms with Crippen LogP contribution in [0.5, 0.6) is 0 Å². The van der Waals surface area contributed by atoms with Crippen molar-refractivity contribution in [1.29, 1.82) is 0 Å². The average molecular weight is 418 g/mol. The lowest BCUT2D eigenvalue weighted by atomic mass is 9.75. The Morgan fingerprint density at radius 2 is 2.14 bits per heavy atom. The first kappa shape index (κ1) is 21.4. The summed E-state index contributed by atoms with van der Waals surface area (Å²) < 4.78 is 7.16. The molecule has 2 heterocycles. The number of aromatic nitrogens is 2. The van der Waals surface area contributed by atoms with Gasteiger partial charge in [-0.3, -0.25) is 14.3 Å². The zero-order valence-corrected chi connectivity index (χ0v) is 17.8. The summed E-state index contributed by atoms with van der Waals surface area (Å²) in [7, 11) is 1.86. The molecule has 1 fully saturated rings. The highest BCUT2D eigenvalue weighted by Gasteiger charge is 2.44. The summed E-state index contributed by atoms with van der Waals surface area (Å²) in [4.78, 5) is 27.7. The SMILES string of the molecule is CCOC(=O)[C@@]1(Cc2cccc(Cl)c2)CCCN(C(=O)CCc2cnn(C)c2)C1. The smallest absolute Gasteiger partial charge is 0.314 e. The molecule has 0 aliphatic carbocycles.